The van der Waals surface area contributed by atoms with Crippen molar-refractivity contribution in [2.75, 3.05) is 24.5 Å². The summed E-state index contributed by atoms with van der Waals surface area (Å²) in [6.07, 6.45) is 7.15. The molecule has 8 heteroatoms. The summed E-state index contributed by atoms with van der Waals surface area (Å²) in [5, 5.41) is 11.2. The maximum absolute atomic E-state index is 12.2. The molecule has 25 heavy (non-hydrogen) atoms. The Labute approximate surface area is 146 Å². The van der Waals surface area contributed by atoms with E-state index in [-0.39, 0.29) is 17.5 Å². The quantitative estimate of drug-likeness (QED) is 0.857. The number of hydrogen-bond acceptors (Lipinski definition) is 5. The maximum atomic E-state index is 12.2. The number of nitrogens with one attached hydrogen (secondary N) is 1. The van der Waals surface area contributed by atoms with Gasteiger partial charge in [0.05, 0.1) is 11.9 Å². The molecule has 1 fully saturated rings. The van der Waals surface area contributed by atoms with E-state index in [2.05, 4.69) is 20.4 Å². The van der Waals surface area contributed by atoms with Gasteiger partial charge in [-0.05, 0) is 31.7 Å². The highest BCUT2D eigenvalue weighted by Gasteiger charge is 2.22. The van der Waals surface area contributed by atoms with E-state index in [1.807, 2.05) is 13.0 Å². The van der Waals surface area contributed by atoms with Gasteiger partial charge in [-0.2, -0.15) is 10.2 Å². The van der Waals surface area contributed by atoms with E-state index in [0.717, 1.165) is 31.6 Å². The average Bonchev–Trinajstić information content (AvgIpc) is 3.16. The molecule has 0 saturated carbocycles. The molecule has 134 valence electrons. The molecular weight excluding hydrogens is 320 g/mol. The molecule has 1 aliphatic heterocycles. The third-order valence-electron chi connectivity index (χ3n) is 4.80. The fourth-order valence-electron chi connectivity index (χ4n) is 3.05. The third kappa shape index (κ3) is 4.07. The van der Waals surface area contributed by atoms with Crippen molar-refractivity contribution in [3.05, 3.63) is 41.1 Å². The van der Waals surface area contributed by atoms with Crippen LogP contribution in [0, 0.1) is 5.92 Å². The van der Waals surface area contributed by atoms with Crippen molar-refractivity contribution in [2.45, 2.75) is 25.8 Å². The van der Waals surface area contributed by atoms with Gasteiger partial charge in [0.15, 0.2) is 0 Å². The first-order valence-electron chi connectivity index (χ1n) is 8.59. The van der Waals surface area contributed by atoms with Crippen LogP contribution in [-0.2, 0) is 11.8 Å². The molecule has 0 radical (unpaired) electrons. The van der Waals surface area contributed by atoms with Gasteiger partial charge in [0.2, 0.25) is 5.91 Å². The minimum absolute atomic E-state index is 0.0121. The monoisotopic (exact) mass is 344 g/mol. The van der Waals surface area contributed by atoms with Gasteiger partial charge in [-0.1, -0.05) is 0 Å². The molecule has 0 bridgehead atoms. The number of amides is 1. The number of aryl methyl sites for hydroxylation is 1. The number of aromatic nitrogens is 4. The lowest BCUT2D eigenvalue weighted by Crippen LogP contribution is -2.40. The summed E-state index contributed by atoms with van der Waals surface area (Å²) >= 11 is 0. The van der Waals surface area contributed by atoms with Gasteiger partial charge < -0.3 is 10.2 Å². The van der Waals surface area contributed by atoms with Crippen LogP contribution >= 0.6 is 0 Å². The van der Waals surface area contributed by atoms with E-state index in [9.17, 15) is 9.59 Å². The lowest BCUT2D eigenvalue weighted by atomic mass is 9.96. The molecule has 1 amide bonds. The fraction of sp³-hybridized carbons (Fsp3) is 0.529. The first-order valence-corrected chi connectivity index (χ1v) is 8.59. The second kappa shape index (κ2) is 7.50. The maximum Gasteiger partial charge on any atom is 0.268 e. The number of carbonyl (C=O) groups is 1. The number of piperidine rings is 1. The molecule has 1 atom stereocenters. The van der Waals surface area contributed by atoms with Crippen molar-refractivity contribution in [1.29, 1.82) is 0 Å². The minimum Gasteiger partial charge on any atom is -0.370 e. The lowest BCUT2D eigenvalue weighted by Gasteiger charge is -2.33. The van der Waals surface area contributed by atoms with Crippen molar-refractivity contribution >= 4 is 11.6 Å². The first kappa shape index (κ1) is 17.2. The highest BCUT2D eigenvalue weighted by Crippen LogP contribution is 2.21. The molecule has 2 aromatic heterocycles. The molecule has 3 rings (SSSR count). The molecule has 0 aliphatic carbocycles. The predicted molar refractivity (Wildman–Crippen MR) is 94.4 cm³/mol. The van der Waals surface area contributed by atoms with Crippen LogP contribution in [0.25, 0.3) is 0 Å². The van der Waals surface area contributed by atoms with E-state index >= 15 is 0 Å². The van der Waals surface area contributed by atoms with Crippen molar-refractivity contribution in [2.24, 2.45) is 13.0 Å². The highest BCUT2D eigenvalue weighted by atomic mass is 16.2. The van der Waals surface area contributed by atoms with Crippen molar-refractivity contribution in [3.8, 4) is 0 Å². The first-order chi connectivity index (χ1) is 12.0. The number of hydrogen-bond donors (Lipinski definition) is 1. The van der Waals surface area contributed by atoms with Crippen LogP contribution in [0.2, 0.25) is 0 Å². The van der Waals surface area contributed by atoms with Crippen LogP contribution in [0.1, 0.15) is 25.8 Å². The van der Waals surface area contributed by atoms with Crippen LogP contribution in [-0.4, -0.2) is 45.1 Å². The Bertz CT molecular complexity index is 762. The second-order valence-corrected chi connectivity index (χ2v) is 6.51. The Kier molecular flexibility index (Phi) is 5.16. The van der Waals surface area contributed by atoms with E-state index < -0.39 is 0 Å². The Morgan fingerprint density at radius 3 is 2.76 bits per heavy atom. The largest absolute Gasteiger partial charge is 0.370 e. The Hall–Kier alpha value is -2.64. The summed E-state index contributed by atoms with van der Waals surface area (Å²) in [4.78, 5) is 26.1. The van der Waals surface area contributed by atoms with E-state index in [1.165, 1.54) is 4.68 Å². The third-order valence-corrected chi connectivity index (χ3v) is 4.80. The number of anilines is 1. The Morgan fingerprint density at radius 2 is 2.12 bits per heavy atom. The SMILES string of the molecule is C[C@@H](C(=O)NCC1CCN(c2cnn(C)c(=O)c2)CC1)n1cccn1. The summed E-state index contributed by atoms with van der Waals surface area (Å²) in [6, 6.07) is 3.13. The highest BCUT2D eigenvalue weighted by molar-refractivity contribution is 5.79. The van der Waals surface area contributed by atoms with Crippen LogP contribution in [0.5, 0.6) is 0 Å². The van der Waals surface area contributed by atoms with E-state index in [1.54, 1.807) is 36.4 Å². The molecule has 3 heterocycles. The van der Waals surface area contributed by atoms with Crippen LogP contribution < -0.4 is 15.8 Å². The molecule has 8 nitrogen and oxygen atoms in total. The average molecular weight is 344 g/mol. The number of rotatable bonds is 5. The number of carbonyl (C=O) groups excluding carboxylic acids is 1. The molecule has 1 saturated heterocycles. The zero-order valence-corrected chi connectivity index (χ0v) is 14.6. The Morgan fingerprint density at radius 1 is 1.36 bits per heavy atom. The topological polar surface area (TPSA) is 85.0 Å². The smallest absolute Gasteiger partial charge is 0.268 e. The van der Waals surface area contributed by atoms with Crippen molar-refractivity contribution in [3.63, 3.8) is 0 Å². The van der Waals surface area contributed by atoms with Crippen molar-refractivity contribution in [1.82, 2.24) is 24.9 Å². The summed E-state index contributed by atoms with van der Waals surface area (Å²) in [5.41, 5.74) is 0.775. The molecule has 0 aromatic carbocycles. The zero-order chi connectivity index (χ0) is 17.8. The second-order valence-electron chi connectivity index (χ2n) is 6.51. The lowest BCUT2D eigenvalue weighted by molar-refractivity contribution is -0.124. The minimum atomic E-state index is -0.304. The normalized spacial score (nSPS) is 16.6. The standard InChI is InChI=1S/C17H24N6O2/c1-13(23-7-3-6-19-23)17(25)18-11-14-4-8-22(9-5-14)15-10-16(24)21(2)20-12-15/h3,6-7,10,12-14H,4-5,8-9,11H2,1-2H3,(H,18,25)/t13-/m0/s1. The van der Waals surface area contributed by atoms with Crippen molar-refractivity contribution < 1.29 is 4.79 Å². The van der Waals surface area contributed by atoms with Gasteiger partial charge in [0.25, 0.3) is 5.56 Å². The predicted octanol–water partition coefficient (Wildman–Crippen LogP) is 0.571. The molecule has 1 aliphatic rings. The summed E-state index contributed by atoms with van der Waals surface area (Å²) in [7, 11) is 1.64. The van der Waals surface area contributed by atoms with Gasteiger partial charge in [-0.15, -0.1) is 0 Å². The molecule has 0 unspecified atom stereocenters. The summed E-state index contributed by atoms with van der Waals surface area (Å²) in [5.74, 6) is 0.436. The van der Waals surface area contributed by atoms with E-state index in [4.69, 9.17) is 0 Å². The Balaban J connectivity index is 1.47. The van der Waals surface area contributed by atoms with Gasteiger partial charge in [-0.3, -0.25) is 14.3 Å². The summed E-state index contributed by atoms with van der Waals surface area (Å²) in [6.45, 7) is 4.25. The van der Waals surface area contributed by atoms with Gasteiger partial charge in [0, 0.05) is 45.1 Å². The molecular formula is C17H24N6O2. The van der Waals surface area contributed by atoms with Gasteiger partial charge in [-0.25, -0.2) is 4.68 Å². The van der Waals surface area contributed by atoms with Crippen LogP contribution in [0.3, 0.4) is 0 Å². The molecule has 0 spiro atoms. The fourth-order valence-corrected chi connectivity index (χ4v) is 3.05. The van der Waals surface area contributed by atoms with Gasteiger partial charge in [0.1, 0.15) is 6.04 Å². The van der Waals surface area contributed by atoms with Crippen LogP contribution in [0.4, 0.5) is 5.69 Å². The molecule has 1 N–H and O–H groups in total. The zero-order valence-electron chi connectivity index (χ0n) is 14.6. The number of nitrogens with zero attached hydrogens (tertiary/aromatic N) is 5. The summed E-state index contributed by atoms with van der Waals surface area (Å²) < 4.78 is 2.98. The molecule has 2 aromatic rings. The van der Waals surface area contributed by atoms with Gasteiger partial charge >= 0.3 is 0 Å². The van der Waals surface area contributed by atoms with Crippen LogP contribution in [0.15, 0.2) is 35.5 Å². The van der Waals surface area contributed by atoms with E-state index in [0.29, 0.717) is 12.5 Å².